The minimum Gasteiger partial charge on any atom is -0.302 e. The predicted octanol–water partition coefficient (Wildman–Crippen LogP) is 3.67. The van der Waals surface area contributed by atoms with Crippen LogP contribution in [0.5, 0.6) is 0 Å². The third kappa shape index (κ3) is 10.4. The van der Waals surface area contributed by atoms with Crippen molar-refractivity contribution in [3.05, 3.63) is 12.7 Å². The standard InChI is InChI=1S/C11H23O4P/c1-3-5-6-7-8-9-11-15-16(12,13)14-10-4-2/h4H,2-3,5-11H2,1H3,(H,12,13). The molecule has 0 saturated carbocycles. The van der Waals surface area contributed by atoms with Crippen molar-refractivity contribution in [2.75, 3.05) is 13.2 Å². The first kappa shape index (κ1) is 15.9. The summed E-state index contributed by atoms with van der Waals surface area (Å²) < 4.78 is 20.5. The van der Waals surface area contributed by atoms with Gasteiger partial charge in [0.25, 0.3) is 0 Å². The second kappa shape index (κ2) is 10.0. The molecule has 0 fully saturated rings. The largest absolute Gasteiger partial charge is 0.472 e. The van der Waals surface area contributed by atoms with Crippen LogP contribution in [-0.2, 0) is 13.6 Å². The van der Waals surface area contributed by atoms with Gasteiger partial charge in [-0.05, 0) is 6.42 Å². The van der Waals surface area contributed by atoms with E-state index in [0.29, 0.717) is 0 Å². The van der Waals surface area contributed by atoms with Gasteiger partial charge in [-0.1, -0.05) is 45.1 Å². The summed E-state index contributed by atoms with van der Waals surface area (Å²) in [7, 11) is -3.84. The predicted molar refractivity (Wildman–Crippen MR) is 65.3 cm³/mol. The fourth-order valence-corrected chi connectivity index (χ4v) is 1.97. The summed E-state index contributed by atoms with van der Waals surface area (Å²) in [6, 6.07) is 0. The Morgan fingerprint density at radius 3 is 2.44 bits per heavy atom. The lowest BCUT2D eigenvalue weighted by molar-refractivity contribution is 0.158. The van der Waals surface area contributed by atoms with Gasteiger partial charge in [0.15, 0.2) is 0 Å². The molecule has 96 valence electrons. The van der Waals surface area contributed by atoms with E-state index in [9.17, 15) is 4.57 Å². The quantitative estimate of drug-likeness (QED) is 0.345. The first-order valence-electron chi connectivity index (χ1n) is 5.85. The van der Waals surface area contributed by atoms with Crippen molar-refractivity contribution < 1.29 is 18.5 Å². The zero-order valence-electron chi connectivity index (χ0n) is 10.1. The van der Waals surface area contributed by atoms with E-state index in [2.05, 4.69) is 18.0 Å². The average molecular weight is 250 g/mol. The molecule has 1 N–H and O–H groups in total. The number of hydrogen-bond acceptors (Lipinski definition) is 3. The Balaban J connectivity index is 3.35. The van der Waals surface area contributed by atoms with Gasteiger partial charge in [0.05, 0.1) is 13.2 Å². The lowest BCUT2D eigenvalue weighted by Gasteiger charge is -2.10. The second-order valence-corrected chi connectivity index (χ2v) is 5.11. The van der Waals surface area contributed by atoms with Crippen LogP contribution in [0.15, 0.2) is 12.7 Å². The Morgan fingerprint density at radius 1 is 1.19 bits per heavy atom. The minimum atomic E-state index is -3.84. The van der Waals surface area contributed by atoms with Crippen molar-refractivity contribution in [3.8, 4) is 0 Å². The highest BCUT2D eigenvalue weighted by atomic mass is 31.2. The monoisotopic (exact) mass is 250 g/mol. The van der Waals surface area contributed by atoms with E-state index in [1.54, 1.807) is 0 Å². The molecule has 16 heavy (non-hydrogen) atoms. The van der Waals surface area contributed by atoms with Crippen LogP contribution < -0.4 is 0 Å². The van der Waals surface area contributed by atoms with Gasteiger partial charge in [-0.2, -0.15) is 0 Å². The highest BCUT2D eigenvalue weighted by Gasteiger charge is 2.19. The number of phosphoric ester groups is 1. The molecule has 0 spiro atoms. The molecule has 0 heterocycles. The van der Waals surface area contributed by atoms with Gasteiger partial charge in [-0.15, -0.1) is 6.58 Å². The van der Waals surface area contributed by atoms with E-state index >= 15 is 0 Å². The number of unbranched alkanes of at least 4 members (excludes halogenated alkanes) is 5. The van der Waals surface area contributed by atoms with E-state index < -0.39 is 7.82 Å². The lowest BCUT2D eigenvalue weighted by Crippen LogP contribution is -1.97. The molecule has 0 amide bonds. The van der Waals surface area contributed by atoms with Crippen LogP contribution >= 0.6 is 7.82 Å². The van der Waals surface area contributed by atoms with Gasteiger partial charge in [-0.3, -0.25) is 9.05 Å². The van der Waals surface area contributed by atoms with Gasteiger partial charge < -0.3 is 4.89 Å². The number of hydrogen-bond donors (Lipinski definition) is 1. The Kier molecular flexibility index (Phi) is 9.94. The van der Waals surface area contributed by atoms with Crippen LogP contribution in [0.3, 0.4) is 0 Å². The lowest BCUT2D eigenvalue weighted by atomic mass is 10.1. The van der Waals surface area contributed by atoms with Gasteiger partial charge in [0.2, 0.25) is 0 Å². The van der Waals surface area contributed by atoms with Gasteiger partial charge >= 0.3 is 7.82 Å². The molecule has 0 saturated heterocycles. The van der Waals surface area contributed by atoms with Crippen LogP contribution in [0.25, 0.3) is 0 Å². The van der Waals surface area contributed by atoms with Crippen LogP contribution in [-0.4, -0.2) is 18.1 Å². The molecule has 0 bridgehead atoms. The maximum Gasteiger partial charge on any atom is 0.472 e. The van der Waals surface area contributed by atoms with Crippen LogP contribution in [0.1, 0.15) is 45.4 Å². The maximum atomic E-state index is 11.2. The molecule has 0 aliphatic rings. The zero-order chi connectivity index (χ0) is 12.3. The third-order valence-electron chi connectivity index (χ3n) is 2.11. The summed E-state index contributed by atoms with van der Waals surface area (Å²) in [5.74, 6) is 0. The molecular formula is C11H23O4P. The molecule has 0 rings (SSSR count). The summed E-state index contributed by atoms with van der Waals surface area (Å²) >= 11 is 0. The summed E-state index contributed by atoms with van der Waals surface area (Å²) in [6.45, 7) is 5.86. The fraction of sp³-hybridized carbons (Fsp3) is 0.818. The van der Waals surface area contributed by atoms with Crippen LogP contribution in [0, 0.1) is 0 Å². The molecule has 1 atom stereocenters. The maximum absolute atomic E-state index is 11.2. The Bertz CT molecular complexity index is 218. The Hall–Kier alpha value is -0.150. The first-order chi connectivity index (χ1) is 7.62. The molecule has 0 aromatic carbocycles. The van der Waals surface area contributed by atoms with Crippen LogP contribution in [0.4, 0.5) is 0 Å². The Morgan fingerprint density at radius 2 is 1.81 bits per heavy atom. The smallest absolute Gasteiger partial charge is 0.302 e. The highest BCUT2D eigenvalue weighted by molar-refractivity contribution is 7.47. The van der Waals surface area contributed by atoms with Crippen molar-refractivity contribution in [3.63, 3.8) is 0 Å². The van der Waals surface area contributed by atoms with E-state index in [-0.39, 0.29) is 13.2 Å². The number of rotatable bonds is 11. The van der Waals surface area contributed by atoms with Crippen LogP contribution in [0.2, 0.25) is 0 Å². The zero-order valence-corrected chi connectivity index (χ0v) is 11.0. The van der Waals surface area contributed by atoms with Crippen molar-refractivity contribution in [1.29, 1.82) is 0 Å². The molecule has 0 aromatic rings. The third-order valence-corrected chi connectivity index (χ3v) is 3.09. The molecule has 1 unspecified atom stereocenters. The summed E-state index contributed by atoms with van der Waals surface area (Å²) in [6.07, 6.45) is 8.09. The highest BCUT2D eigenvalue weighted by Crippen LogP contribution is 2.43. The van der Waals surface area contributed by atoms with Gasteiger partial charge in [0.1, 0.15) is 0 Å². The molecule has 0 aromatic heterocycles. The number of phosphoric acid groups is 1. The van der Waals surface area contributed by atoms with E-state index in [1.807, 2.05) is 0 Å². The summed E-state index contributed by atoms with van der Waals surface area (Å²) in [5.41, 5.74) is 0. The second-order valence-electron chi connectivity index (χ2n) is 3.65. The topological polar surface area (TPSA) is 55.8 Å². The SMILES string of the molecule is C=CCOP(=O)(O)OCCCCCCCC. The van der Waals surface area contributed by atoms with Gasteiger partial charge in [-0.25, -0.2) is 4.57 Å². The van der Waals surface area contributed by atoms with Crippen molar-refractivity contribution in [2.45, 2.75) is 45.4 Å². The molecular weight excluding hydrogens is 227 g/mol. The molecule has 0 aliphatic carbocycles. The summed E-state index contributed by atoms with van der Waals surface area (Å²) in [4.78, 5) is 9.15. The van der Waals surface area contributed by atoms with Crippen molar-refractivity contribution in [1.82, 2.24) is 0 Å². The molecule has 4 nitrogen and oxygen atoms in total. The minimum absolute atomic E-state index is 0.0320. The van der Waals surface area contributed by atoms with Gasteiger partial charge in [0, 0.05) is 0 Å². The normalized spacial score (nSPS) is 14.6. The fourth-order valence-electron chi connectivity index (χ4n) is 1.25. The molecule has 0 radical (unpaired) electrons. The van der Waals surface area contributed by atoms with E-state index in [4.69, 9.17) is 9.42 Å². The van der Waals surface area contributed by atoms with E-state index in [0.717, 1.165) is 19.3 Å². The molecule has 5 heteroatoms. The average Bonchev–Trinajstić information content (AvgIpc) is 2.25. The van der Waals surface area contributed by atoms with E-state index in [1.165, 1.54) is 25.3 Å². The molecule has 0 aliphatic heterocycles. The first-order valence-corrected chi connectivity index (χ1v) is 7.34. The summed E-state index contributed by atoms with van der Waals surface area (Å²) in [5, 5.41) is 0. The Labute approximate surface area is 98.3 Å². The van der Waals surface area contributed by atoms with Crippen molar-refractivity contribution >= 4 is 7.82 Å². The van der Waals surface area contributed by atoms with Crippen molar-refractivity contribution in [2.24, 2.45) is 0 Å².